The van der Waals surface area contributed by atoms with Gasteiger partial charge < -0.3 is 15.9 Å². The lowest BCUT2D eigenvalue weighted by molar-refractivity contribution is -0.140. The van der Waals surface area contributed by atoms with Crippen molar-refractivity contribution in [3.63, 3.8) is 0 Å². The lowest BCUT2D eigenvalue weighted by Gasteiger charge is -2.06. The summed E-state index contributed by atoms with van der Waals surface area (Å²) in [7, 11) is 0. The Labute approximate surface area is 71.0 Å². The van der Waals surface area contributed by atoms with Crippen molar-refractivity contribution >= 4 is 17.6 Å². The van der Waals surface area contributed by atoms with Gasteiger partial charge in [-0.3, -0.25) is 4.79 Å². The van der Waals surface area contributed by atoms with Gasteiger partial charge in [0.15, 0.2) is 0 Å². The quantitative estimate of drug-likeness (QED) is 0.528. The van der Waals surface area contributed by atoms with Crippen LogP contribution in [0, 0.1) is 0 Å². The second-order valence-corrected chi connectivity index (χ2v) is 2.41. The number of aliphatic hydroxyl groups is 1. The van der Waals surface area contributed by atoms with Crippen LogP contribution < -0.4 is 5.73 Å². The zero-order valence-electron chi connectivity index (χ0n) is 6.62. The molecule has 0 bridgehead atoms. The van der Waals surface area contributed by atoms with Crippen LogP contribution in [0.1, 0.15) is 13.8 Å². The summed E-state index contributed by atoms with van der Waals surface area (Å²) >= 11 is 5.00. The predicted molar refractivity (Wildman–Crippen MR) is 43.7 cm³/mol. The molecule has 2 atom stereocenters. The smallest absolute Gasteiger partial charge is 0.323 e. The van der Waals surface area contributed by atoms with E-state index in [2.05, 4.69) is 0 Å². The van der Waals surface area contributed by atoms with Crippen LogP contribution in [0.3, 0.4) is 0 Å². The van der Waals surface area contributed by atoms with Gasteiger partial charge in [0.2, 0.25) is 0 Å². The first-order valence-electron chi connectivity index (χ1n) is 3.19. The highest BCUT2D eigenvalue weighted by atomic mass is 35.5. The maximum absolute atomic E-state index is 9.86. The molecule has 0 spiro atoms. The minimum absolute atomic E-state index is 0.722. The van der Waals surface area contributed by atoms with E-state index in [9.17, 15) is 4.79 Å². The zero-order valence-corrected chi connectivity index (χ0v) is 7.38. The van der Waals surface area contributed by atoms with E-state index in [0.717, 1.165) is 5.88 Å². The molecular formula is C6H14ClNO3. The first-order valence-corrected chi connectivity index (χ1v) is 3.73. The van der Waals surface area contributed by atoms with E-state index < -0.39 is 18.1 Å². The molecule has 0 aromatic heterocycles. The Kier molecular flexibility index (Phi) is 9.40. The number of aliphatic carboxylic acids is 1. The molecule has 4 N–H and O–H groups in total. The molecule has 0 saturated heterocycles. The number of halogens is 1. The summed E-state index contributed by atoms with van der Waals surface area (Å²) in [6.45, 7) is 3.22. The third-order valence-corrected chi connectivity index (χ3v) is 0.805. The number of nitrogens with two attached hydrogens (primary N) is 1. The fourth-order valence-electron chi connectivity index (χ4n) is 0.206. The molecule has 0 radical (unpaired) electrons. The van der Waals surface area contributed by atoms with Crippen LogP contribution in [0.4, 0.5) is 0 Å². The number of carboxylic acids is 1. The number of alkyl halides is 1. The fraction of sp³-hybridized carbons (Fsp3) is 0.833. The highest BCUT2D eigenvalue weighted by molar-refractivity contribution is 6.17. The SMILES string of the molecule is CC(O)C(N)C(=O)O.CCCl. The Morgan fingerprint density at radius 2 is 2.00 bits per heavy atom. The highest BCUT2D eigenvalue weighted by Gasteiger charge is 2.16. The van der Waals surface area contributed by atoms with Gasteiger partial charge in [-0.25, -0.2) is 0 Å². The Morgan fingerprint density at radius 1 is 1.73 bits per heavy atom. The van der Waals surface area contributed by atoms with Crippen molar-refractivity contribution in [3.05, 3.63) is 0 Å². The first kappa shape index (κ1) is 13.3. The van der Waals surface area contributed by atoms with E-state index in [0.29, 0.717) is 0 Å². The van der Waals surface area contributed by atoms with Crippen molar-refractivity contribution in [1.29, 1.82) is 0 Å². The molecule has 0 rings (SSSR count). The van der Waals surface area contributed by atoms with E-state index >= 15 is 0 Å². The van der Waals surface area contributed by atoms with Crippen molar-refractivity contribution in [3.8, 4) is 0 Å². The number of hydrogen-bond acceptors (Lipinski definition) is 3. The predicted octanol–water partition coefficient (Wildman–Crippen LogP) is 0.0242. The number of carbonyl (C=O) groups is 1. The molecular weight excluding hydrogens is 170 g/mol. The molecule has 2 unspecified atom stereocenters. The summed E-state index contributed by atoms with van der Waals surface area (Å²) in [5.41, 5.74) is 4.91. The van der Waals surface area contributed by atoms with Crippen molar-refractivity contribution in [2.24, 2.45) is 5.73 Å². The van der Waals surface area contributed by atoms with Gasteiger partial charge in [0, 0.05) is 5.88 Å². The van der Waals surface area contributed by atoms with Crippen LogP contribution in [-0.4, -0.2) is 34.2 Å². The van der Waals surface area contributed by atoms with Crippen LogP contribution >= 0.6 is 11.6 Å². The van der Waals surface area contributed by atoms with E-state index in [1.165, 1.54) is 6.92 Å². The van der Waals surface area contributed by atoms with Crippen molar-refractivity contribution in [2.45, 2.75) is 26.0 Å². The van der Waals surface area contributed by atoms with Crippen LogP contribution in [-0.2, 0) is 4.79 Å². The van der Waals surface area contributed by atoms with Gasteiger partial charge in [0.05, 0.1) is 6.10 Å². The zero-order chi connectivity index (χ0) is 9.44. The van der Waals surface area contributed by atoms with E-state index in [4.69, 9.17) is 27.5 Å². The molecule has 11 heavy (non-hydrogen) atoms. The van der Waals surface area contributed by atoms with Crippen molar-refractivity contribution < 1.29 is 15.0 Å². The molecule has 0 aromatic carbocycles. The third kappa shape index (κ3) is 9.68. The fourth-order valence-corrected chi connectivity index (χ4v) is 0.206. The number of carboxylic acid groups (broad SMARTS) is 1. The van der Waals surface area contributed by atoms with Crippen molar-refractivity contribution in [2.75, 3.05) is 5.88 Å². The minimum Gasteiger partial charge on any atom is -0.480 e. The molecule has 68 valence electrons. The van der Waals surface area contributed by atoms with Crippen LogP contribution in [0.25, 0.3) is 0 Å². The standard InChI is InChI=1S/C4H9NO3.C2H5Cl/c1-2(6)3(5)4(7)8;1-2-3/h2-3,6H,5H2,1H3,(H,7,8);2H2,1H3. The summed E-state index contributed by atoms with van der Waals surface area (Å²) in [5, 5.41) is 16.6. The van der Waals surface area contributed by atoms with Gasteiger partial charge in [-0.2, -0.15) is 0 Å². The second kappa shape index (κ2) is 7.78. The molecule has 0 aliphatic carbocycles. The summed E-state index contributed by atoms with van der Waals surface area (Å²) in [5.74, 6) is -0.458. The Bertz CT molecular complexity index is 108. The summed E-state index contributed by atoms with van der Waals surface area (Å²) in [4.78, 5) is 9.86. The number of aliphatic hydroxyl groups excluding tert-OH is 1. The lowest BCUT2D eigenvalue weighted by Crippen LogP contribution is -2.39. The van der Waals surface area contributed by atoms with Gasteiger partial charge in [-0.1, -0.05) is 6.92 Å². The topological polar surface area (TPSA) is 83.5 Å². The van der Waals surface area contributed by atoms with E-state index in [-0.39, 0.29) is 0 Å². The molecule has 4 nitrogen and oxygen atoms in total. The number of hydrogen-bond donors (Lipinski definition) is 3. The van der Waals surface area contributed by atoms with E-state index in [1.807, 2.05) is 6.92 Å². The van der Waals surface area contributed by atoms with Gasteiger partial charge in [0.25, 0.3) is 0 Å². The molecule has 0 amide bonds. The Morgan fingerprint density at radius 3 is 2.00 bits per heavy atom. The molecule has 0 aliphatic rings. The summed E-state index contributed by atoms with van der Waals surface area (Å²) in [6, 6.07) is -1.16. The van der Waals surface area contributed by atoms with Crippen LogP contribution in [0.5, 0.6) is 0 Å². The molecule has 5 heteroatoms. The van der Waals surface area contributed by atoms with Gasteiger partial charge >= 0.3 is 5.97 Å². The normalized spacial score (nSPS) is 14.3. The second-order valence-electron chi connectivity index (χ2n) is 1.87. The summed E-state index contributed by atoms with van der Waals surface area (Å²) in [6.07, 6.45) is -0.979. The average molecular weight is 184 g/mol. The van der Waals surface area contributed by atoms with Gasteiger partial charge in [-0.15, -0.1) is 11.6 Å². The molecule has 0 aromatic rings. The monoisotopic (exact) mass is 183 g/mol. The first-order chi connectivity index (χ1) is 4.97. The maximum atomic E-state index is 9.86. The van der Waals surface area contributed by atoms with E-state index in [1.54, 1.807) is 0 Å². The Hall–Kier alpha value is -0.320. The molecule has 0 heterocycles. The van der Waals surface area contributed by atoms with Crippen LogP contribution in [0.2, 0.25) is 0 Å². The average Bonchev–Trinajstić information content (AvgIpc) is 1.87. The Balaban J connectivity index is 0. The van der Waals surface area contributed by atoms with Crippen LogP contribution in [0.15, 0.2) is 0 Å². The highest BCUT2D eigenvalue weighted by Crippen LogP contribution is 1.85. The van der Waals surface area contributed by atoms with Crippen molar-refractivity contribution in [1.82, 2.24) is 0 Å². The maximum Gasteiger partial charge on any atom is 0.323 e. The largest absolute Gasteiger partial charge is 0.480 e. The minimum atomic E-state index is -1.18. The molecule has 0 aliphatic heterocycles. The molecule has 0 fully saturated rings. The third-order valence-electron chi connectivity index (χ3n) is 0.805. The van der Waals surface area contributed by atoms with Gasteiger partial charge in [0.1, 0.15) is 6.04 Å². The lowest BCUT2D eigenvalue weighted by atomic mass is 10.2. The summed E-state index contributed by atoms with van der Waals surface area (Å²) < 4.78 is 0. The molecule has 0 saturated carbocycles. The number of rotatable bonds is 2. The van der Waals surface area contributed by atoms with Gasteiger partial charge in [-0.05, 0) is 6.92 Å².